The Hall–Kier alpha value is -0.740. The molecule has 1 rings (SSSR count). The Bertz CT molecular complexity index is 317. The third kappa shape index (κ3) is 4.96. The molecule has 0 radical (unpaired) electrons. The van der Waals surface area contributed by atoms with Crippen molar-refractivity contribution >= 4 is 17.6 Å². The van der Waals surface area contributed by atoms with Gasteiger partial charge in [0.05, 0.1) is 0 Å². The Morgan fingerprint density at radius 1 is 1.47 bits per heavy atom. The summed E-state index contributed by atoms with van der Waals surface area (Å²) in [7, 11) is 2.11. The van der Waals surface area contributed by atoms with Crippen LogP contribution in [0.25, 0.3) is 0 Å². The van der Waals surface area contributed by atoms with Gasteiger partial charge in [0, 0.05) is 37.7 Å². The molecule has 0 aliphatic heterocycles. The smallest absolute Gasteiger partial charge is 0.132 e. The van der Waals surface area contributed by atoms with Gasteiger partial charge in [0.2, 0.25) is 0 Å². The molecule has 3 nitrogen and oxygen atoms in total. The van der Waals surface area contributed by atoms with Crippen LogP contribution in [0.3, 0.4) is 0 Å². The molecule has 0 saturated carbocycles. The predicted molar refractivity (Wildman–Crippen MR) is 77.9 cm³/mol. The summed E-state index contributed by atoms with van der Waals surface area (Å²) in [5.41, 5.74) is 1.28. The van der Waals surface area contributed by atoms with Crippen LogP contribution in [0, 0.1) is 0 Å². The largest absolute Gasteiger partial charge is 0.359 e. The number of nitrogens with one attached hydrogen (secondary N) is 1. The molecule has 1 heterocycles. The third-order valence-corrected chi connectivity index (χ3v) is 3.19. The van der Waals surface area contributed by atoms with Crippen LogP contribution in [0.1, 0.15) is 18.9 Å². The topological polar surface area (TPSA) is 28.2 Å². The van der Waals surface area contributed by atoms with Crippen LogP contribution < -0.4 is 10.2 Å². The number of hydrogen-bond acceptors (Lipinski definition) is 4. The molecule has 1 N–H and O–H groups in total. The summed E-state index contributed by atoms with van der Waals surface area (Å²) in [5.74, 6) is 2.24. The highest BCUT2D eigenvalue weighted by atomic mass is 32.2. The molecule has 0 atom stereocenters. The van der Waals surface area contributed by atoms with E-state index in [2.05, 4.69) is 41.5 Å². The third-order valence-electron chi connectivity index (χ3n) is 2.60. The molecule has 1 aromatic rings. The lowest BCUT2D eigenvalue weighted by molar-refractivity contribution is 0.672. The van der Waals surface area contributed by atoms with Gasteiger partial charge in [0.15, 0.2) is 0 Å². The van der Waals surface area contributed by atoms with Crippen molar-refractivity contribution in [2.45, 2.75) is 19.9 Å². The first-order chi connectivity index (χ1) is 8.29. The number of anilines is 1. The van der Waals surface area contributed by atoms with Gasteiger partial charge < -0.3 is 10.2 Å². The normalized spacial score (nSPS) is 10.5. The van der Waals surface area contributed by atoms with E-state index in [9.17, 15) is 0 Å². The molecule has 0 aliphatic rings. The minimum Gasteiger partial charge on any atom is -0.359 e. The molecule has 0 amide bonds. The van der Waals surface area contributed by atoms with Gasteiger partial charge in [-0.1, -0.05) is 13.0 Å². The number of hydrogen-bond donors (Lipinski definition) is 1. The molecule has 4 heteroatoms. The average Bonchev–Trinajstić information content (AvgIpc) is 2.37. The number of thioether (sulfide) groups is 1. The van der Waals surface area contributed by atoms with Gasteiger partial charge in [-0.05, 0) is 25.3 Å². The van der Waals surface area contributed by atoms with E-state index in [0.717, 1.165) is 37.6 Å². The summed E-state index contributed by atoms with van der Waals surface area (Å²) in [6.07, 6.45) is 5.17. The SMILES string of the molecule is CCCNCc1cccnc1N(C)CCSC. The molecular weight excluding hydrogens is 230 g/mol. The minimum atomic E-state index is 0.903. The summed E-state index contributed by atoms with van der Waals surface area (Å²) >= 11 is 1.87. The van der Waals surface area contributed by atoms with E-state index in [1.807, 2.05) is 24.0 Å². The fourth-order valence-corrected chi connectivity index (χ4v) is 2.10. The Kier molecular flexibility index (Phi) is 7.05. The van der Waals surface area contributed by atoms with Crippen LogP contribution in [0.2, 0.25) is 0 Å². The van der Waals surface area contributed by atoms with E-state index in [1.165, 1.54) is 5.56 Å². The van der Waals surface area contributed by atoms with Gasteiger partial charge >= 0.3 is 0 Å². The standard InChI is InChI=1S/C13H23N3S/c1-4-7-14-11-12-6-5-8-15-13(12)16(2)9-10-17-3/h5-6,8,14H,4,7,9-11H2,1-3H3. The first-order valence-electron chi connectivity index (χ1n) is 6.14. The zero-order chi connectivity index (χ0) is 12.5. The summed E-state index contributed by atoms with van der Waals surface area (Å²) in [6.45, 7) is 5.18. The zero-order valence-corrected chi connectivity index (χ0v) is 11.9. The van der Waals surface area contributed by atoms with Crippen molar-refractivity contribution in [3.8, 4) is 0 Å². The molecule has 0 aliphatic carbocycles. The molecule has 0 spiro atoms. The van der Waals surface area contributed by atoms with Crippen LogP contribution in [-0.2, 0) is 6.54 Å². The van der Waals surface area contributed by atoms with Crippen molar-refractivity contribution in [2.75, 3.05) is 37.0 Å². The van der Waals surface area contributed by atoms with E-state index < -0.39 is 0 Å². The second kappa shape index (κ2) is 8.37. The maximum Gasteiger partial charge on any atom is 0.132 e. The van der Waals surface area contributed by atoms with Crippen LogP contribution in [0.4, 0.5) is 5.82 Å². The molecule has 0 fully saturated rings. The maximum atomic E-state index is 4.49. The highest BCUT2D eigenvalue weighted by Gasteiger charge is 2.07. The van der Waals surface area contributed by atoms with Crippen molar-refractivity contribution in [3.05, 3.63) is 23.9 Å². The average molecular weight is 253 g/mol. The lowest BCUT2D eigenvalue weighted by Crippen LogP contribution is -2.24. The van der Waals surface area contributed by atoms with E-state index in [4.69, 9.17) is 0 Å². The summed E-state index contributed by atoms with van der Waals surface area (Å²) < 4.78 is 0. The second-order valence-electron chi connectivity index (χ2n) is 4.08. The van der Waals surface area contributed by atoms with Crippen molar-refractivity contribution in [2.24, 2.45) is 0 Å². The molecular formula is C13H23N3S. The Morgan fingerprint density at radius 3 is 3.00 bits per heavy atom. The Balaban J connectivity index is 2.62. The fraction of sp³-hybridized carbons (Fsp3) is 0.615. The number of aromatic nitrogens is 1. The number of pyridine rings is 1. The predicted octanol–water partition coefficient (Wildman–Crippen LogP) is 2.38. The van der Waals surface area contributed by atoms with E-state index >= 15 is 0 Å². The minimum absolute atomic E-state index is 0.903. The highest BCUT2D eigenvalue weighted by Crippen LogP contribution is 2.15. The van der Waals surface area contributed by atoms with Crippen molar-refractivity contribution in [1.29, 1.82) is 0 Å². The maximum absolute atomic E-state index is 4.49. The highest BCUT2D eigenvalue weighted by molar-refractivity contribution is 7.98. The van der Waals surface area contributed by atoms with Crippen LogP contribution in [-0.4, -0.2) is 37.1 Å². The molecule has 0 unspecified atom stereocenters. The van der Waals surface area contributed by atoms with Gasteiger partial charge in [-0.15, -0.1) is 0 Å². The van der Waals surface area contributed by atoms with Gasteiger partial charge in [-0.3, -0.25) is 0 Å². The monoisotopic (exact) mass is 253 g/mol. The van der Waals surface area contributed by atoms with E-state index in [1.54, 1.807) is 0 Å². The Labute approximate surface area is 109 Å². The summed E-state index contributed by atoms with van der Waals surface area (Å²) in [6, 6.07) is 4.16. The molecule has 1 aromatic heterocycles. The van der Waals surface area contributed by atoms with Crippen molar-refractivity contribution in [3.63, 3.8) is 0 Å². The Morgan fingerprint density at radius 2 is 2.29 bits per heavy atom. The zero-order valence-electron chi connectivity index (χ0n) is 11.1. The van der Waals surface area contributed by atoms with Gasteiger partial charge in [-0.2, -0.15) is 11.8 Å². The molecule has 0 aromatic carbocycles. The quantitative estimate of drug-likeness (QED) is 0.720. The van der Waals surface area contributed by atoms with Crippen LogP contribution >= 0.6 is 11.8 Å². The van der Waals surface area contributed by atoms with Crippen molar-refractivity contribution in [1.82, 2.24) is 10.3 Å². The van der Waals surface area contributed by atoms with Crippen LogP contribution in [0.15, 0.2) is 18.3 Å². The summed E-state index contributed by atoms with van der Waals surface area (Å²) in [5, 5.41) is 3.43. The van der Waals surface area contributed by atoms with Gasteiger partial charge in [-0.25, -0.2) is 4.98 Å². The second-order valence-corrected chi connectivity index (χ2v) is 5.06. The first kappa shape index (κ1) is 14.3. The van der Waals surface area contributed by atoms with Crippen molar-refractivity contribution < 1.29 is 0 Å². The summed E-state index contributed by atoms with van der Waals surface area (Å²) in [4.78, 5) is 6.72. The van der Waals surface area contributed by atoms with Gasteiger partial charge in [0.1, 0.15) is 5.82 Å². The lowest BCUT2D eigenvalue weighted by Gasteiger charge is -2.20. The lowest BCUT2D eigenvalue weighted by atomic mass is 10.2. The molecule has 0 saturated heterocycles. The molecule has 0 bridgehead atoms. The van der Waals surface area contributed by atoms with Gasteiger partial charge in [0.25, 0.3) is 0 Å². The number of rotatable bonds is 8. The van der Waals surface area contributed by atoms with E-state index in [0.29, 0.717) is 0 Å². The van der Waals surface area contributed by atoms with E-state index in [-0.39, 0.29) is 0 Å². The fourth-order valence-electron chi connectivity index (χ4n) is 1.65. The molecule has 96 valence electrons. The van der Waals surface area contributed by atoms with Crippen LogP contribution in [0.5, 0.6) is 0 Å². The molecule has 17 heavy (non-hydrogen) atoms. The number of nitrogens with zero attached hydrogens (tertiary/aromatic N) is 2. The first-order valence-corrected chi connectivity index (χ1v) is 7.53.